The topological polar surface area (TPSA) is 50.4 Å². The molecule has 1 atom stereocenters. The molecule has 4 nitrogen and oxygen atoms in total. The van der Waals surface area contributed by atoms with Crippen LogP contribution in [0.25, 0.3) is 0 Å². The van der Waals surface area contributed by atoms with Crippen LogP contribution in [-0.2, 0) is 4.74 Å². The summed E-state index contributed by atoms with van der Waals surface area (Å²) in [6.07, 6.45) is 0.0190. The van der Waals surface area contributed by atoms with Crippen LogP contribution in [0.15, 0.2) is 18.2 Å². The van der Waals surface area contributed by atoms with Crippen molar-refractivity contribution in [2.24, 2.45) is 0 Å². The van der Waals surface area contributed by atoms with Crippen molar-refractivity contribution in [2.45, 2.75) is 6.10 Å². The van der Waals surface area contributed by atoms with E-state index in [4.69, 9.17) is 27.9 Å². The van der Waals surface area contributed by atoms with Crippen LogP contribution in [0.2, 0.25) is 10.0 Å². The smallest absolute Gasteiger partial charge is 0.251 e. The number of carbonyl (C=O) groups is 1. The van der Waals surface area contributed by atoms with E-state index in [0.717, 1.165) is 13.1 Å². The Kier molecular flexibility index (Phi) is 4.83. The van der Waals surface area contributed by atoms with E-state index in [2.05, 4.69) is 10.6 Å². The van der Waals surface area contributed by atoms with Gasteiger partial charge in [0.15, 0.2) is 0 Å². The summed E-state index contributed by atoms with van der Waals surface area (Å²) in [6.45, 7) is 2.76. The first-order valence-corrected chi connectivity index (χ1v) is 6.48. The maximum Gasteiger partial charge on any atom is 0.251 e. The van der Waals surface area contributed by atoms with Crippen molar-refractivity contribution in [3.05, 3.63) is 33.8 Å². The van der Waals surface area contributed by atoms with E-state index in [1.54, 1.807) is 18.2 Å². The standard InChI is InChI=1S/C12H14Cl2N2O2/c13-10-2-1-8(5-11(10)14)12(17)16-7-9-6-15-3-4-18-9/h1-2,5,9,15H,3-4,6-7H2,(H,16,17). The van der Waals surface area contributed by atoms with Crippen LogP contribution in [0.5, 0.6) is 0 Å². The first-order chi connectivity index (χ1) is 8.66. The molecule has 0 aromatic heterocycles. The second-order valence-electron chi connectivity index (χ2n) is 4.04. The maximum absolute atomic E-state index is 11.9. The summed E-state index contributed by atoms with van der Waals surface area (Å²) >= 11 is 11.7. The molecule has 98 valence electrons. The van der Waals surface area contributed by atoms with Gasteiger partial charge in [0.2, 0.25) is 0 Å². The van der Waals surface area contributed by atoms with Gasteiger partial charge in [-0.15, -0.1) is 0 Å². The van der Waals surface area contributed by atoms with Crippen molar-refractivity contribution in [3.8, 4) is 0 Å². The number of rotatable bonds is 3. The molecule has 0 saturated carbocycles. The number of benzene rings is 1. The lowest BCUT2D eigenvalue weighted by atomic mass is 10.2. The van der Waals surface area contributed by atoms with E-state index < -0.39 is 0 Å². The van der Waals surface area contributed by atoms with Gasteiger partial charge in [-0.25, -0.2) is 0 Å². The fourth-order valence-corrected chi connectivity index (χ4v) is 1.99. The molecule has 1 fully saturated rings. The van der Waals surface area contributed by atoms with E-state index in [0.29, 0.717) is 28.8 Å². The van der Waals surface area contributed by atoms with Gasteiger partial charge in [0.25, 0.3) is 5.91 Å². The highest BCUT2D eigenvalue weighted by Gasteiger charge is 2.15. The van der Waals surface area contributed by atoms with Crippen LogP contribution < -0.4 is 10.6 Å². The van der Waals surface area contributed by atoms with Gasteiger partial charge >= 0.3 is 0 Å². The van der Waals surface area contributed by atoms with E-state index in [9.17, 15) is 4.79 Å². The van der Waals surface area contributed by atoms with Crippen molar-refractivity contribution in [3.63, 3.8) is 0 Å². The lowest BCUT2D eigenvalue weighted by Crippen LogP contribution is -2.45. The molecular formula is C12H14Cl2N2O2. The average Bonchev–Trinajstić information content (AvgIpc) is 2.40. The average molecular weight is 289 g/mol. The van der Waals surface area contributed by atoms with Crippen LogP contribution in [0.4, 0.5) is 0 Å². The predicted octanol–water partition coefficient (Wildman–Crippen LogP) is 1.71. The number of halogens is 2. The molecule has 1 aromatic carbocycles. The molecule has 0 radical (unpaired) electrons. The van der Waals surface area contributed by atoms with Gasteiger partial charge in [0, 0.05) is 25.2 Å². The third-order valence-corrected chi connectivity index (χ3v) is 3.42. The van der Waals surface area contributed by atoms with Crippen molar-refractivity contribution in [2.75, 3.05) is 26.2 Å². The maximum atomic E-state index is 11.9. The summed E-state index contributed by atoms with van der Waals surface area (Å²) < 4.78 is 5.48. The summed E-state index contributed by atoms with van der Waals surface area (Å²) in [6, 6.07) is 4.81. The van der Waals surface area contributed by atoms with E-state index in [-0.39, 0.29) is 12.0 Å². The van der Waals surface area contributed by atoms with Gasteiger partial charge in [0.05, 0.1) is 22.8 Å². The summed E-state index contributed by atoms with van der Waals surface area (Å²) in [4.78, 5) is 11.9. The minimum atomic E-state index is -0.178. The quantitative estimate of drug-likeness (QED) is 0.890. The molecule has 0 aliphatic carbocycles. The summed E-state index contributed by atoms with van der Waals surface area (Å²) in [5.74, 6) is -0.178. The zero-order valence-corrected chi connectivity index (χ0v) is 11.2. The number of carbonyl (C=O) groups excluding carboxylic acids is 1. The molecule has 2 rings (SSSR count). The monoisotopic (exact) mass is 288 g/mol. The fourth-order valence-electron chi connectivity index (χ4n) is 1.70. The fraction of sp³-hybridized carbons (Fsp3) is 0.417. The summed E-state index contributed by atoms with van der Waals surface area (Å²) in [5.41, 5.74) is 0.494. The molecule has 18 heavy (non-hydrogen) atoms. The van der Waals surface area contributed by atoms with Crippen molar-refractivity contribution in [1.29, 1.82) is 0 Å². The number of amides is 1. The predicted molar refractivity (Wildman–Crippen MR) is 71.4 cm³/mol. The number of nitrogens with one attached hydrogen (secondary N) is 2. The third-order valence-electron chi connectivity index (χ3n) is 2.68. The number of hydrogen-bond acceptors (Lipinski definition) is 3. The van der Waals surface area contributed by atoms with E-state index >= 15 is 0 Å². The Balaban J connectivity index is 1.88. The second-order valence-corrected chi connectivity index (χ2v) is 4.85. The minimum Gasteiger partial charge on any atom is -0.374 e. The lowest BCUT2D eigenvalue weighted by Gasteiger charge is -2.23. The normalized spacial score (nSPS) is 19.6. The molecule has 6 heteroatoms. The molecule has 1 aromatic rings. The first-order valence-electron chi connectivity index (χ1n) is 5.72. The Bertz CT molecular complexity index is 434. The van der Waals surface area contributed by atoms with E-state index in [1.165, 1.54) is 0 Å². The Labute approximate surface area is 116 Å². The van der Waals surface area contributed by atoms with E-state index in [1.807, 2.05) is 0 Å². The molecule has 1 aliphatic heterocycles. The molecule has 1 unspecified atom stereocenters. The third kappa shape index (κ3) is 3.59. The SMILES string of the molecule is O=C(NCC1CNCCO1)c1ccc(Cl)c(Cl)c1. The highest BCUT2D eigenvalue weighted by molar-refractivity contribution is 6.42. The zero-order valence-electron chi connectivity index (χ0n) is 9.71. The van der Waals surface area contributed by atoms with Crippen LogP contribution >= 0.6 is 23.2 Å². The molecule has 0 bridgehead atoms. The van der Waals surface area contributed by atoms with Gasteiger partial charge in [-0.05, 0) is 18.2 Å². The largest absolute Gasteiger partial charge is 0.374 e. The molecule has 0 spiro atoms. The van der Waals surface area contributed by atoms with Crippen molar-refractivity contribution in [1.82, 2.24) is 10.6 Å². The molecular weight excluding hydrogens is 275 g/mol. The molecule has 1 saturated heterocycles. The van der Waals surface area contributed by atoms with Crippen molar-refractivity contribution < 1.29 is 9.53 Å². The summed E-state index contributed by atoms with van der Waals surface area (Å²) in [7, 11) is 0. The van der Waals surface area contributed by atoms with Crippen LogP contribution in [0.1, 0.15) is 10.4 Å². The molecule has 1 aliphatic rings. The highest BCUT2D eigenvalue weighted by atomic mass is 35.5. The number of hydrogen-bond donors (Lipinski definition) is 2. The Hall–Kier alpha value is -0.810. The Morgan fingerprint density at radius 2 is 2.28 bits per heavy atom. The minimum absolute atomic E-state index is 0.0190. The zero-order chi connectivity index (χ0) is 13.0. The van der Waals surface area contributed by atoms with Crippen LogP contribution in [-0.4, -0.2) is 38.3 Å². The van der Waals surface area contributed by atoms with Gasteiger partial charge in [-0.1, -0.05) is 23.2 Å². The highest BCUT2D eigenvalue weighted by Crippen LogP contribution is 2.22. The van der Waals surface area contributed by atoms with Crippen LogP contribution in [0, 0.1) is 0 Å². The van der Waals surface area contributed by atoms with Gasteiger partial charge in [0.1, 0.15) is 0 Å². The van der Waals surface area contributed by atoms with Gasteiger partial charge in [-0.2, -0.15) is 0 Å². The lowest BCUT2D eigenvalue weighted by molar-refractivity contribution is 0.0287. The Morgan fingerprint density at radius 1 is 1.44 bits per heavy atom. The van der Waals surface area contributed by atoms with Gasteiger partial charge in [-0.3, -0.25) is 4.79 Å². The number of morpholine rings is 1. The Morgan fingerprint density at radius 3 is 2.94 bits per heavy atom. The first kappa shape index (κ1) is 13.6. The molecule has 2 N–H and O–H groups in total. The molecule has 1 heterocycles. The van der Waals surface area contributed by atoms with Crippen LogP contribution in [0.3, 0.4) is 0 Å². The van der Waals surface area contributed by atoms with Gasteiger partial charge < -0.3 is 15.4 Å². The summed E-state index contributed by atoms with van der Waals surface area (Å²) in [5, 5.41) is 6.82. The molecule has 1 amide bonds. The number of ether oxygens (including phenoxy) is 1. The second kappa shape index (κ2) is 6.38. The van der Waals surface area contributed by atoms with Crippen molar-refractivity contribution >= 4 is 29.1 Å².